The fourth-order valence-electron chi connectivity index (χ4n) is 5.01. The molecule has 0 radical (unpaired) electrons. The van der Waals surface area contributed by atoms with Crippen molar-refractivity contribution in [1.29, 1.82) is 0 Å². The molecule has 1 amide bonds. The van der Waals surface area contributed by atoms with Crippen molar-refractivity contribution < 1.29 is 28.5 Å². The normalized spacial score (nSPS) is 27.0. The average molecular weight is 442 g/mol. The zero-order valence-electron chi connectivity index (χ0n) is 19.0. The molecule has 0 spiro atoms. The first-order valence-electron chi connectivity index (χ1n) is 11.2. The second-order valence-corrected chi connectivity index (χ2v) is 8.69. The molecule has 1 fully saturated rings. The summed E-state index contributed by atoms with van der Waals surface area (Å²) >= 11 is 0. The van der Waals surface area contributed by atoms with E-state index in [1.807, 2.05) is 12.1 Å². The van der Waals surface area contributed by atoms with Crippen LogP contribution in [-0.4, -0.2) is 56.7 Å². The van der Waals surface area contributed by atoms with Crippen LogP contribution in [0.15, 0.2) is 42.2 Å². The Bertz CT molecular complexity index is 938. The fraction of sp³-hybridized carbons (Fsp3) is 0.520. The van der Waals surface area contributed by atoms with E-state index < -0.39 is 6.04 Å². The second-order valence-electron chi connectivity index (χ2n) is 8.69. The van der Waals surface area contributed by atoms with E-state index in [0.717, 1.165) is 24.8 Å². The molecule has 1 saturated carbocycles. The first-order chi connectivity index (χ1) is 15.5. The van der Waals surface area contributed by atoms with Gasteiger partial charge < -0.3 is 23.8 Å². The maximum Gasteiger partial charge on any atom is 0.290 e. The molecule has 4 rings (SSSR count). The first kappa shape index (κ1) is 22.4. The second kappa shape index (κ2) is 9.36. The standard InChI is InChI=1S/C25H31NO6/c1-5-11-31-19-9-7-16(14-20(19)30-4)22-21-23(27)17-13-15(2)6-8-18(17)32-24(21)25(28)26(22)10-12-29-3/h5,7,9,14-15,17-18,22H,1,6,8,10-13H2,2-4H3. The molecule has 7 nitrogen and oxygen atoms in total. The number of benzene rings is 1. The fourth-order valence-corrected chi connectivity index (χ4v) is 5.01. The molecule has 32 heavy (non-hydrogen) atoms. The molecule has 1 aromatic rings. The highest BCUT2D eigenvalue weighted by Crippen LogP contribution is 2.48. The van der Waals surface area contributed by atoms with Crippen LogP contribution < -0.4 is 9.47 Å². The highest BCUT2D eigenvalue weighted by Gasteiger charge is 2.52. The number of carbonyl (C=O) groups excluding carboxylic acids is 2. The van der Waals surface area contributed by atoms with E-state index in [9.17, 15) is 9.59 Å². The van der Waals surface area contributed by atoms with Crippen molar-refractivity contribution in [2.75, 3.05) is 34.0 Å². The largest absolute Gasteiger partial charge is 0.493 e. The van der Waals surface area contributed by atoms with E-state index in [0.29, 0.717) is 42.7 Å². The highest BCUT2D eigenvalue weighted by molar-refractivity contribution is 6.11. The zero-order valence-corrected chi connectivity index (χ0v) is 19.0. The van der Waals surface area contributed by atoms with Crippen LogP contribution in [0.4, 0.5) is 0 Å². The van der Waals surface area contributed by atoms with E-state index in [-0.39, 0.29) is 29.5 Å². The van der Waals surface area contributed by atoms with Gasteiger partial charge in [0, 0.05) is 13.7 Å². The van der Waals surface area contributed by atoms with E-state index >= 15 is 0 Å². The number of nitrogens with zero attached hydrogens (tertiary/aromatic N) is 1. The third kappa shape index (κ3) is 3.90. The van der Waals surface area contributed by atoms with Crippen molar-refractivity contribution in [2.24, 2.45) is 11.8 Å². The van der Waals surface area contributed by atoms with Crippen LogP contribution in [0, 0.1) is 11.8 Å². The third-order valence-corrected chi connectivity index (χ3v) is 6.60. The molecule has 0 saturated heterocycles. The van der Waals surface area contributed by atoms with Crippen molar-refractivity contribution in [2.45, 2.75) is 38.3 Å². The molecule has 0 bridgehead atoms. The van der Waals surface area contributed by atoms with Gasteiger partial charge in [-0.05, 0) is 42.9 Å². The number of fused-ring (bicyclic) bond motifs is 1. The Morgan fingerprint density at radius 3 is 2.75 bits per heavy atom. The van der Waals surface area contributed by atoms with Gasteiger partial charge in [-0.2, -0.15) is 0 Å². The number of Topliss-reactive ketones (excluding diaryl/α,β-unsaturated/α-hetero) is 1. The lowest BCUT2D eigenvalue weighted by Crippen LogP contribution is -2.41. The summed E-state index contributed by atoms with van der Waals surface area (Å²) in [4.78, 5) is 28.7. The molecular formula is C25H31NO6. The summed E-state index contributed by atoms with van der Waals surface area (Å²) in [5.41, 5.74) is 1.24. The summed E-state index contributed by atoms with van der Waals surface area (Å²) in [6.07, 6.45) is 4.04. The third-order valence-electron chi connectivity index (χ3n) is 6.60. The first-order valence-corrected chi connectivity index (χ1v) is 11.2. The van der Waals surface area contributed by atoms with Crippen LogP contribution in [0.25, 0.3) is 0 Å². The maximum absolute atomic E-state index is 13.7. The lowest BCUT2D eigenvalue weighted by molar-refractivity contribution is -0.136. The van der Waals surface area contributed by atoms with Gasteiger partial charge in [0.15, 0.2) is 23.0 Å². The topological polar surface area (TPSA) is 74.3 Å². The average Bonchev–Trinajstić information content (AvgIpc) is 3.08. The Morgan fingerprint density at radius 1 is 1.22 bits per heavy atom. The smallest absolute Gasteiger partial charge is 0.290 e. The number of rotatable bonds is 8. The quantitative estimate of drug-likeness (QED) is 0.576. The molecule has 7 heteroatoms. The van der Waals surface area contributed by atoms with E-state index in [4.69, 9.17) is 18.9 Å². The van der Waals surface area contributed by atoms with Crippen molar-refractivity contribution in [3.63, 3.8) is 0 Å². The molecule has 2 aliphatic heterocycles. The van der Waals surface area contributed by atoms with Gasteiger partial charge in [0.25, 0.3) is 5.91 Å². The number of ketones is 1. The van der Waals surface area contributed by atoms with E-state index in [1.165, 1.54) is 0 Å². The zero-order chi connectivity index (χ0) is 22.8. The van der Waals surface area contributed by atoms with Crippen molar-refractivity contribution in [1.82, 2.24) is 4.90 Å². The molecule has 0 aromatic heterocycles. The maximum atomic E-state index is 13.7. The monoisotopic (exact) mass is 441 g/mol. The van der Waals surface area contributed by atoms with Crippen molar-refractivity contribution in [3.05, 3.63) is 47.7 Å². The number of methoxy groups -OCH3 is 2. The summed E-state index contributed by atoms with van der Waals surface area (Å²) < 4.78 is 22.6. The van der Waals surface area contributed by atoms with Crippen LogP contribution in [0.5, 0.6) is 11.5 Å². The van der Waals surface area contributed by atoms with Crippen molar-refractivity contribution in [3.8, 4) is 11.5 Å². The Kier molecular flexibility index (Phi) is 6.55. The summed E-state index contributed by atoms with van der Waals surface area (Å²) in [6.45, 7) is 6.90. The lowest BCUT2D eigenvalue weighted by atomic mass is 9.74. The predicted molar refractivity (Wildman–Crippen MR) is 118 cm³/mol. The summed E-state index contributed by atoms with van der Waals surface area (Å²) in [5.74, 6) is 1.36. The van der Waals surface area contributed by atoms with Crippen LogP contribution in [0.3, 0.4) is 0 Å². The van der Waals surface area contributed by atoms with E-state index in [2.05, 4.69) is 13.5 Å². The Labute approximate surface area is 189 Å². The Morgan fingerprint density at radius 2 is 2.03 bits per heavy atom. The van der Waals surface area contributed by atoms with Crippen LogP contribution >= 0.6 is 0 Å². The lowest BCUT2D eigenvalue weighted by Gasteiger charge is -2.37. The number of carbonyl (C=O) groups is 2. The van der Waals surface area contributed by atoms with Gasteiger partial charge in [0.1, 0.15) is 12.7 Å². The van der Waals surface area contributed by atoms with Gasteiger partial charge >= 0.3 is 0 Å². The van der Waals surface area contributed by atoms with E-state index in [1.54, 1.807) is 31.3 Å². The van der Waals surface area contributed by atoms with Crippen molar-refractivity contribution >= 4 is 11.7 Å². The number of amides is 1. The summed E-state index contributed by atoms with van der Waals surface area (Å²) in [6, 6.07) is 4.96. The minimum absolute atomic E-state index is 0.0343. The SMILES string of the molecule is C=CCOc1ccc(C2C3=C(OC4CCC(C)CC4C3=O)C(=O)N2CCOC)cc1OC. The Hall–Kier alpha value is -2.80. The van der Waals surface area contributed by atoms with Gasteiger partial charge in [-0.3, -0.25) is 9.59 Å². The van der Waals surface area contributed by atoms with Gasteiger partial charge in [0.05, 0.1) is 31.2 Å². The van der Waals surface area contributed by atoms with Gasteiger partial charge in [-0.25, -0.2) is 0 Å². The Balaban J connectivity index is 1.75. The highest BCUT2D eigenvalue weighted by atomic mass is 16.5. The number of ether oxygens (including phenoxy) is 4. The predicted octanol–water partition coefficient (Wildman–Crippen LogP) is 3.45. The number of hydrogen-bond acceptors (Lipinski definition) is 6. The van der Waals surface area contributed by atoms with Gasteiger partial charge in [-0.1, -0.05) is 25.6 Å². The van der Waals surface area contributed by atoms with Gasteiger partial charge in [-0.15, -0.1) is 0 Å². The molecule has 4 unspecified atom stereocenters. The minimum Gasteiger partial charge on any atom is -0.493 e. The molecule has 172 valence electrons. The molecule has 1 aromatic carbocycles. The molecule has 1 aliphatic carbocycles. The molecule has 3 aliphatic rings. The summed E-state index contributed by atoms with van der Waals surface area (Å²) in [5, 5.41) is 0. The molecule has 0 N–H and O–H groups in total. The van der Waals surface area contributed by atoms with Gasteiger partial charge in [0.2, 0.25) is 0 Å². The molecule has 2 heterocycles. The van der Waals surface area contributed by atoms with Crippen LogP contribution in [-0.2, 0) is 19.1 Å². The molecular weight excluding hydrogens is 410 g/mol. The number of hydrogen-bond donors (Lipinski definition) is 0. The van der Waals surface area contributed by atoms with Crippen LogP contribution in [0.1, 0.15) is 37.8 Å². The van der Waals surface area contributed by atoms with Crippen LogP contribution in [0.2, 0.25) is 0 Å². The minimum atomic E-state index is -0.541. The molecule has 4 atom stereocenters. The summed E-state index contributed by atoms with van der Waals surface area (Å²) in [7, 11) is 3.16.